The molecule has 1 rings (SSSR count). The molecular weight excluding hydrogens is 276 g/mol. The predicted molar refractivity (Wildman–Crippen MR) is 64.8 cm³/mol. The average molecular weight is 287 g/mol. The normalized spacial score (nSPS) is 11.8. The Balaban J connectivity index is 2.79. The number of nitrogens with one attached hydrogen (secondary N) is 1. The number of hydroxylamine groups is 1. The summed E-state index contributed by atoms with van der Waals surface area (Å²) in [5, 5.41) is 15.5. The van der Waals surface area contributed by atoms with Crippen LogP contribution < -0.4 is 16.0 Å². The molecule has 0 bridgehead atoms. The third-order valence-corrected chi connectivity index (χ3v) is 2.28. The second-order valence-corrected chi connectivity index (χ2v) is 3.59. The van der Waals surface area contributed by atoms with Crippen LogP contribution in [0.15, 0.2) is 32.9 Å². The lowest BCUT2D eigenvalue weighted by Crippen LogP contribution is -2.27. The summed E-state index contributed by atoms with van der Waals surface area (Å²) >= 11 is 3.34. The molecule has 0 aliphatic rings. The minimum atomic E-state index is -0.177. The molecule has 6 nitrogen and oxygen atoms in total. The van der Waals surface area contributed by atoms with E-state index in [4.69, 9.17) is 15.7 Å². The number of guanidine groups is 1. The van der Waals surface area contributed by atoms with E-state index in [1.165, 1.54) is 6.21 Å². The lowest BCUT2D eigenvalue weighted by molar-refractivity contribution is 0.232. The molecule has 0 saturated heterocycles. The lowest BCUT2D eigenvalue weighted by Gasteiger charge is -2.02. The van der Waals surface area contributed by atoms with Gasteiger partial charge in [-0.3, -0.25) is 5.21 Å². The van der Waals surface area contributed by atoms with Crippen LogP contribution in [0.4, 0.5) is 0 Å². The maximum atomic E-state index is 8.34. The summed E-state index contributed by atoms with van der Waals surface area (Å²) in [5.41, 5.74) is 7.65. The van der Waals surface area contributed by atoms with Crippen molar-refractivity contribution >= 4 is 28.1 Å². The SMILES string of the molecule is COc1ccc(/C=N/N=C(/N)NO)cc1Br. The summed E-state index contributed by atoms with van der Waals surface area (Å²) in [6.07, 6.45) is 1.49. The molecule has 0 heterocycles. The van der Waals surface area contributed by atoms with Crippen LogP contribution in [-0.2, 0) is 0 Å². The Morgan fingerprint density at radius 2 is 2.38 bits per heavy atom. The molecule has 7 heteroatoms. The van der Waals surface area contributed by atoms with Crippen LogP contribution in [0, 0.1) is 0 Å². The minimum Gasteiger partial charge on any atom is -0.496 e. The topological polar surface area (TPSA) is 92.2 Å². The molecule has 1 aromatic carbocycles. The Morgan fingerprint density at radius 1 is 1.62 bits per heavy atom. The summed E-state index contributed by atoms with van der Waals surface area (Å²) in [7, 11) is 1.59. The number of ether oxygens (including phenoxy) is 1. The second-order valence-electron chi connectivity index (χ2n) is 2.74. The van der Waals surface area contributed by atoms with Gasteiger partial charge >= 0.3 is 0 Å². The zero-order valence-corrected chi connectivity index (χ0v) is 10.1. The average Bonchev–Trinajstić information content (AvgIpc) is 2.29. The molecule has 0 aromatic heterocycles. The van der Waals surface area contributed by atoms with Crippen molar-refractivity contribution in [2.24, 2.45) is 15.9 Å². The van der Waals surface area contributed by atoms with E-state index < -0.39 is 0 Å². The molecule has 0 saturated carbocycles. The van der Waals surface area contributed by atoms with Gasteiger partial charge in [-0.15, -0.1) is 5.10 Å². The number of hydrogen-bond donors (Lipinski definition) is 3. The van der Waals surface area contributed by atoms with Crippen LogP contribution in [0.1, 0.15) is 5.56 Å². The first-order valence-corrected chi connectivity index (χ1v) is 5.07. The monoisotopic (exact) mass is 286 g/mol. The number of nitrogens with two attached hydrogens (primary N) is 1. The highest BCUT2D eigenvalue weighted by Gasteiger charge is 1.99. The van der Waals surface area contributed by atoms with Gasteiger partial charge in [-0.1, -0.05) is 0 Å². The molecule has 0 aliphatic heterocycles. The molecule has 0 atom stereocenters. The fourth-order valence-electron chi connectivity index (χ4n) is 0.943. The Morgan fingerprint density at radius 3 is 2.94 bits per heavy atom. The van der Waals surface area contributed by atoms with Crippen molar-refractivity contribution in [2.45, 2.75) is 0 Å². The summed E-state index contributed by atoms with van der Waals surface area (Å²) in [4.78, 5) is 0. The lowest BCUT2D eigenvalue weighted by atomic mass is 10.2. The third-order valence-electron chi connectivity index (χ3n) is 1.66. The van der Waals surface area contributed by atoms with Crippen LogP contribution in [0.3, 0.4) is 0 Å². The summed E-state index contributed by atoms with van der Waals surface area (Å²) in [6.45, 7) is 0. The molecule has 1 aromatic rings. The van der Waals surface area contributed by atoms with Crippen molar-refractivity contribution in [3.05, 3.63) is 28.2 Å². The molecule has 0 amide bonds. The second kappa shape index (κ2) is 6.09. The Hall–Kier alpha value is -1.60. The van der Waals surface area contributed by atoms with Gasteiger partial charge in [0.2, 0.25) is 5.96 Å². The van der Waals surface area contributed by atoms with Crippen molar-refractivity contribution in [3.8, 4) is 5.75 Å². The van der Waals surface area contributed by atoms with E-state index in [0.29, 0.717) is 0 Å². The Labute approximate surface area is 101 Å². The Bertz CT molecular complexity index is 420. The van der Waals surface area contributed by atoms with E-state index in [2.05, 4.69) is 26.1 Å². The highest BCUT2D eigenvalue weighted by atomic mass is 79.9. The maximum Gasteiger partial charge on any atom is 0.237 e. The summed E-state index contributed by atoms with van der Waals surface area (Å²) in [5.74, 6) is 0.556. The molecule has 0 radical (unpaired) electrons. The molecule has 0 aliphatic carbocycles. The first kappa shape index (κ1) is 12.5. The third kappa shape index (κ3) is 3.52. The van der Waals surface area contributed by atoms with Gasteiger partial charge < -0.3 is 10.5 Å². The Kier molecular flexibility index (Phi) is 4.74. The standard InChI is InChI=1S/C9H11BrN4O2/c1-16-8-3-2-6(4-7(8)10)5-12-13-9(11)14-15/h2-5,15H,1H3,(H3,11,13,14)/b12-5+. The van der Waals surface area contributed by atoms with Crippen LogP contribution in [0.5, 0.6) is 5.75 Å². The zero-order chi connectivity index (χ0) is 12.0. The highest BCUT2D eigenvalue weighted by Crippen LogP contribution is 2.24. The first-order valence-electron chi connectivity index (χ1n) is 4.27. The van der Waals surface area contributed by atoms with Crippen molar-refractivity contribution in [3.63, 3.8) is 0 Å². The fraction of sp³-hybridized carbons (Fsp3) is 0.111. The zero-order valence-electron chi connectivity index (χ0n) is 8.51. The van der Waals surface area contributed by atoms with E-state index in [9.17, 15) is 0 Å². The van der Waals surface area contributed by atoms with Crippen molar-refractivity contribution in [1.29, 1.82) is 0 Å². The molecular formula is C9H11BrN4O2. The molecule has 16 heavy (non-hydrogen) atoms. The number of benzene rings is 1. The fourth-order valence-corrected chi connectivity index (χ4v) is 1.50. The van der Waals surface area contributed by atoms with Crippen LogP contribution in [0.2, 0.25) is 0 Å². The number of nitrogens with zero attached hydrogens (tertiary/aromatic N) is 2. The van der Waals surface area contributed by atoms with Crippen LogP contribution in [-0.4, -0.2) is 24.5 Å². The van der Waals surface area contributed by atoms with E-state index in [-0.39, 0.29) is 5.96 Å². The maximum absolute atomic E-state index is 8.34. The predicted octanol–water partition coefficient (Wildman–Crippen LogP) is 1.09. The molecule has 4 N–H and O–H groups in total. The minimum absolute atomic E-state index is 0.177. The molecule has 0 spiro atoms. The molecule has 0 unspecified atom stereocenters. The van der Waals surface area contributed by atoms with Crippen LogP contribution in [0.25, 0.3) is 0 Å². The van der Waals surface area contributed by atoms with Gasteiger partial charge in [-0.2, -0.15) is 5.10 Å². The van der Waals surface area contributed by atoms with Gasteiger partial charge in [0.25, 0.3) is 0 Å². The van der Waals surface area contributed by atoms with Gasteiger partial charge in [-0.25, -0.2) is 5.48 Å². The number of hydrogen-bond acceptors (Lipinski definition) is 4. The van der Waals surface area contributed by atoms with E-state index in [1.807, 2.05) is 12.1 Å². The molecule has 0 fully saturated rings. The molecule has 86 valence electrons. The smallest absolute Gasteiger partial charge is 0.237 e. The quantitative estimate of drug-likeness (QED) is 0.441. The number of halogens is 1. The van der Waals surface area contributed by atoms with Gasteiger partial charge in [-0.05, 0) is 39.7 Å². The van der Waals surface area contributed by atoms with E-state index in [0.717, 1.165) is 15.8 Å². The van der Waals surface area contributed by atoms with E-state index in [1.54, 1.807) is 18.7 Å². The van der Waals surface area contributed by atoms with Gasteiger partial charge in [0.05, 0.1) is 17.8 Å². The van der Waals surface area contributed by atoms with Crippen molar-refractivity contribution in [1.82, 2.24) is 5.48 Å². The number of rotatable bonds is 3. The van der Waals surface area contributed by atoms with Gasteiger partial charge in [0.1, 0.15) is 5.75 Å². The highest BCUT2D eigenvalue weighted by molar-refractivity contribution is 9.10. The summed E-state index contributed by atoms with van der Waals surface area (Å²) < 4.78 is 5.89. The number of methoxy groups -OCH3 is 1. The van der Waals surface area contributed by atoms with Crippen LogP contribution >= 0.6 is 15.9 Å². The van der Waals surface area contributed by atoms with E-state index >= 15 is 0 Å². The first-order chi connectivity index (χ1) is 7.67. The van der Waals surface area contributed by atoms with Crippen molar-refractivity contribution in [2.75, 3.05) is 7.11 Å². The van der Waals surface area contributed by atoms with Gasteiger partial charge in [0.15, 0.2) is 0 Å². The summed E-state index contributed by atoms with van der Waals surface area (Å²) in [6, 6.07) is 5.42. The largest absolute Gasteiger partial charge is 0.496 e. The van der Waals surface area contributed by atoms with Crippen molar-refractivity contribution < 1.29 is 9.94 Å². The van der Waals surface area contributed by atoms with Gasteiger partial charge in [0, 0.05) is 0 Å².